The van der Waals surface area contributed by atoms with Crippen molar-refractivity contribution in [1.29, 1.82) is 0 Å². The lowest BCUT2D eigenvalue weighted by molar-refractivity contribution is -0.0512. The summed E-state index contributed by atoms with van der Waals surface area (Å²) in [6, 6.07) is 10.2. The van der Waals surface area contributed by atoms with Gasteiger partial charge in [-0.3, -0.25) is 0 Å². The molecule has 0 saturated carbocycles. The van der Waals surface area contributed by atoms with Crippen LogP contribution < -0.4 is 14.8 Å². The number of anilines is 1. The van der Waals surface area contributed by atoms with Gasteiger partial charge < -0.3 is 19.3 Å². The van der Waals surface area contributed by atoms with Crippen molar-refractivity contribution in [3.05, 3.63) is 54.2 Å². The maximum absolute atomic E-state index is 12.9. The molecule has 0 amide bonds. The van der Waals surface area contributed by atoms with Crippen LogP contribution in [0.1, 0.15) is 5.89 Å². The first-order valence-electron chi connectivity index (χ1n) is 7.50. The number of nitrogens with one attached hydrogen (secondary N) is 1. The summed E-state index contributed by atoms with van der Waals surface area (Å²) in [4.78, 5) is 4.22. The van der Waals surface area contributed by atoms with E-state index in [4.69, 9.17) is 9.26 Å². The Kier molecular flexibility index (Phi) is 5.26. The molecule has 3 rings (SSSR count). The second-order valence-electron chi connectivity index (χ2n) is 5.12. The first kappa shape index (κ1) is 17.6. The Morgan fingerprint density at radius 1 is 1.12 bits per heavy atom. The van der Waals surface area contributed by atoms with E-state index in [-0.39, 0.29) is 29.7 Å². The number of nitrogens with zero attached hydrogens (tertiary/aromatic N) is 2. The molecule has 0 atom stereocenters. The lowest BCUT2D eigenvalue weighted by Gasteiger charge is -2.10. The van der Waals surface area contributed by atoms with Crippen molar-refractivity contribution in [2.45, 2.75) is 13.2 Å². The highest BCUT2D eigenvalue weighted by molar-refractivity contribution is 5.60. The predicted octanol–water partition coefficient (Wildman–Crippen LogP) is 4.10. The number of hydrogen-bond acceptors (Lipinski definition) is 6. The summed E-state index contributed by atoms with van der Waals surface area (Å²) in [5.41, 5.74) is 1.21. The van der Waals surface area contributed by atoms with Crippen LogP contribution in [0, 0.1) is 5.82 Å². The molecule has 0 spiro atoms. The van der Waals surface area contributed by atoms with E-state index in [1.54, 1.807) is 12.1 Å². The summed E-state index contributed by atoms with van der Waals surface area (Å²) >= 11 is 0. The van der Waals surface area contributed by atoms with Crippen LogP contribution in [0.3, 0.4) is 0 Å². The minimum absolute atomic E-state index is 0.0899. The van der Waals surface area contributed by atoms with Crippen molar-refractivity contribution in [1.82, 2.24) is 10.1 Å². The Balaban J connectivity index is 1.71. The Bertz CT molecular complexity index is 869. The average Bonchev–Trinajstić information content (AvgIpc) is 3.10. The third-order valence-corrected chi connectivity index (χ3v) is 3.39. The van der Waals surface area contributed by atoms with Crippen molar-refractivity contribution in [2.24, 2.45) is 0 Å². The molecule has 1 aromatic heterocycles. The van der Waals surface area contributed by atoms with Crippen LogP contribution in [-0.2, 0) is 6.54 Å². The van der Waals surface area contributed by atoms with Gasteiger partial charge in [0.1, 0.15) is 5.82 Å². The second kappa shape index (κ2) is 7.77. The Morgan fingerprint density at radius 3 is 2.58 bits per heavy atom. The molecule has 26 heavy (non-hydrogen) atoms. The maximum atomic E-state index is 12.9. The summed E-state index contributed by atoms with van der Waals surface area (Å²) < 4.78 is 52.2. The van der Waals surface area contributed by atoms with Gasteiger partial charge in [-0.2, -0.15) is 13.8 Å². The summed E-state index contributed by atoms with van der Waals surface area (Å²) in [5, 5.41) is 6.86. The van der Waals surface area contributed by atoms with E-state index in [1.165, 1.54) is 37.4 Å². The molecule has 0 saturated heterocycles. The molecule has 1 N–H and O–H groups in total. The van der Waals surface area contributed by atoms with E-state index in [0.29, 0.717) is 17.1 Å². The van der Waals surface area contributed by atoms with E-state index < -0.39 is 6.61 Å². The van der Waals surface area contributed by atoms with Crippen LogP contribution in [0.15, 0.2) is 47.0 Å². The van der Waals surface area contributed by atoms with Gasteiger partial charge in [-0.05, 0) is 42.5 Å². The predicted molar refractivity (Wildman–Crippen MR) is 86.6 cm³/mol. The lowest BCUT2D eigenvalue weighted by atomic mass is 10.2. The van der Waals surface area contributed by atoms with E-state index in [0.717, 1.165) is 0 Å². The Morgan fingerprint density at radius 2 is 1.88 bits per heavy atom. The van der Waals surface area contributed by atoms with Gasteiger partial charge in [0.25, 0.3) is 0 Å². The summed E-state index contributed by atoms with van der Waals surface area (Å²) in [6.45, 7) is -2.72. The summed E-state index contributed by atoms with van der Waals surface area (Å²) in [5.74, 6) is 0.273. The smallest absolute Gasteiger partial charge is 0.387 e. The normalized spacial score (nSPS) is 10.8. The SMILES string of the molecule is COc1cc(-c2noc(CNc3ccc(F)cc3)n2)ccc1OC(F)F. The van der Waals surface area contributed by atoms with Crippen LogP contribution >= 0.6 is 0 Å². The molecule has 0 aliphatic heterocycles. The number of benzene rings is 2. The first-order chi connectivity index (χ1) is 12.5. The zero-order valence-corrected chi connectivity index (χ0v) is 13.6. The van der Waals surface area contributed by atoms with Crippen LogP contribution in [0.5, 0.6) is 11.5 Å². The summed E-state index contributed by atoms with van der Waals surface area (Å²) in [6.07, 6.45) is 0. The summed E-state index contributed by atoms with van der Waals surface area (Å²) in [7, 11) is 1.34. The number of hydrogen-bond donors (Lipinski definition) is 1. The van der Waals surface area contributed by atoms with Gasteiger partial charge in [0.2, 0.25) is 11.7 Å². The monoisotopic (exact) mass is 365 g/mol. The highest BCUT2D eigenvalue weighted by atomic mass is 19.3. The highest BCUT2D eigenvalue weighted by Crippen LogP contribution is 2.32. The molecule has 0 aliphatic rings. The van der Waals surface area contributed by atoms with Crippen molar-refractivity contribution >= 4 is 5.69 Å². The van der Waals surface area contributed by atoms with Crippen LogP contribution in [-0.4, -0.2) is 23.9 Å². The quantitative estimate of drug-likeness (QED) is 0.680. The fraction of sp³-hybridized carbons (Fsp3) is 0.176. The fourth-order valence-corrected chi connectivity index (χ4v) is 2.19. The molecule has 0 unspecified atom stereocenters. The van der Waals surface area contributed by atoms with Crippen molar-refractivity contribution in [2.75, 3.05) is 12.4 Å². The average molecular weight is 365 g/mol. The molecule has 6 nitrogen and oxygen atoms in total. The van der Waals surface area contributed by atoms with Crippen LogP contribution in [0.25, 0.3) is 11.4 Å². The van der Waals surface area contributed by atoms with Gasteiger partial charge in [0, 0.05) is 11.3 Å². The molecule has 136 valence electrons. The molecule has 3 aromatic rings. The standard InChI is InChI=1S/C17H14F3N3O3/c1-24-14-8-10(2-7-13(14)25-17(19)20)16-22-15(26-23-16)9-21-12-5-3-11(18)4-6-12/h2-8,17,21H,9H2,1H3. The molecular formula is C17H14F3N3O3. The number of ether oxygens (including phenoxy) is 2. The molecule has 0 aliphatic carbocycles. The van der Waals surface area contributed by atoms with Crippen molar-refractivity contribution in [3.63, 3.8) is 0 Å². The minimum Gasteiger partial charge on any atom is -0.493 e. The van der Waals surface area contributed by atoms with E-state index in [1.807, 2.05) is 0 Å². The highest BCUT2D eigenvalue weighted by Gasteiger charge is 2.14. The van der Waals surface area contributed by atoms with Gasteiger partial charge in [0.15, 0.2) is 11.5 Å². The van der Waals surface area contributed by atoms with E-state index >= 15 is 0 Å². The van der Waals surface area contributed by atoms with Gasteiger partial charge in [-0.15, -0.1) is 0 Å². The number of aromatic nitrogens is 2. The molecule has 0 bridgehead atoms. The molecule has 9 heteroatoms. The molecule has 2 aromatic carbocycles. The van der Waals surface area contributed by atoms with Crippen LogP contribution in [0.4, 0.5) is 18.9 Å². The molecule has 0 fully saturated rings. The topological polar surface area (TPSA) is 69.4 Å². The zero-order chi connectivity index (χ0) is 18.5. The first-order valence-corrected chi connectivity index (χ1v) is 7.50. The Hall–Kier alpha value is -3.23. The number of alkyl halides is 2. The van der Waals surface area contributed by atoms with Crippen LogP contribution in [0.2, 0.25) is 0 Å². The van der Waals surface area contributed by atoms with E-state index in [9.17, 15) is 13.2 Å². The number of methoxy groups -OCH3 is 1. The molecule has 1 heterocycles. The van der Waals surface area contributed by atoms with Gasteiger partial charge in [0.05, 0.1) is 13.7 Å². The number of rotatable bonds is 7. The van der Waals surface area contributed by atoms with Gasteiger partial charge in [-0.25, -0.2) is 4.39 Å². The fourth-order valence-electron chi connectivity index (χ4n) is 2.19. The second-order valence-corrected chi connectivity index (χ2v) is 5.12. The Labute approximate surface area is 146 Å². The largest absolute Gasteiger partial charge is 0.493 e. The van der Waals surface area contributed by atoms with Crippen molar-refractivity contribution < 1.29 is 27.2 Å². The lowest BCUT2D eigenvalue weighted by Crippen LogP contribution is -2.03. The van der Waals surface area contributed by atoms with Crippen molar-refractivity contribution in [3.8, 4) is 22.9 Å². The third-order valence-electron chi connectivity index (χ3n) is 3.39. The molecular weight excluding hydrogens is 351 g/mol. The zero-order valence-electron chi connectivity index (χ0n) is 13.6. The third kappa shape index (κ3) is 4.24. The molecule has 0 radical (unpaired) electrons. The van der Waals surface area contributed by atoms with Gasteiger partial charge >= 0.3 is 6.61 Å². The van der Waals surface area contributed by atoms with E-state index in [2.05, 4.69) is 20.2 Å². The maximum Gasteiger partial charge on any atom is 0.387 e. The minimum atomic E-state index is -2.95. The number of halogens is 3. The van der Waals surface area contributed by atoms with Gasteiger partial charge in [-0.1, -0.05) is 5.16 Å².